The molecule has 1 aromatic rings. The maximum absolute atomic E-state index is 12.5. The fourth-order valence-electron chi connectivity index (χ4n) is 5.51. The number of hydrogen-bond donors (Lipinski definition) is 0. The molecule has 0 aromatic carbocycles. The Morgan fingerprint density at radius 2 is 1.87 bits per heavy atom. The van der Waals surface area contributed by atoms with Crippen molar-refractivity contribution >= 4 is 17.1 Å². The van der Waals surface area contributed by atoms with Gasteiger partial charge in [-0.1, -0.05) is 19.4 Å². The highest BCUT2D eigenvalue weighted by molar-refractivity contribution is 5.88. The molecular weight excluding hydrogens is 376 g/mol. The van der Waals surface area contributed by atoms with Gasteiger partial charge in [0.1, 0.15) is 24.0 Å². The molecule has 0 radical (unpaired) electrons. The molecule has 0 bridgehead atoms. The summed E-state index contributed by atoms with van der Waals surface area (Å²) in [5, 5.41) is 0. The molecule has 0 N–H and O–H groups in total. The van der Waals surface area contributed by atoms with E-state index in [2.05, 4.69) is 23.8 Å². The van der Waals surface area contributed by atoms with Crippen LogP contribution in [0, 0.1) is 17.8 Å². The third-order valence-corrected chi connectivity index (χ3v) is 7.29. The largest absolute Gasteiger partial charge is 0.474 e. The quantitative estimate of drug-likeness (QED) is 0.595. The molecule has 0 aliphatic heterocycles. The SMILES string of the molecule is CC(=O)CCC(=O)C[C@H]1CCC2=C1c1c(ncnc1O[C@H]1CC[C@H](C(C)C)CC1)C2. The molecule has 5 nitrogen and oxygen atoms in total. The van der Waals surface area contributed by atoms with Crippen LogP contribution in [0.4, 0.5) is 0 Å². The zero-order chi connectivity index (χ0) is 21.3. The second-order valence-electron chi connectivity index (χ2n) is 9.77. The maximum atomic E-state index is 12.5. The lowest BCUT2D eigenvalue weighted by Crippen LogP contribution is -2.27. The van der Waals surface area contributed by atoms with Crippen LogP contribution in [-0.2, 0) is 16.0 Å². The highest BCUT2D eigenvalue weighted by atomic mass is 16.5. The summed E-state index contributed by atoms with van der Waals surface area (Å²) in [7, 11) is 0. The first-order chi connectivity index (χ1) is 14.4. The predicted octanol–water partition coefficient (Wildman–Crippen LogP) is 5.12. The van der Waals surface area contributed by atoms with Crippen molar-refractivity contribution in [1.29, 1.82) is 0 Å². The third-order valence-electron chi connectivity index (χ3n) is 7.29. The van der Waals surface area contributed by atoms with Gasteiger partial charge in [0.15, 0.2) is 0 Å². The lowest BCUT2D eigenvalue weighted by molar-refractivity contribution is -0.123. The van der Waals surface area contributed by atoms with Gasteiger partial charge in [-0.05, 0) is 68.8 Å². The number of ether oxygens (including phenoxy) is 1. The fraction of sp³-hybridized carbons (Fsp3) is 0.680. The van der Waals surface area contributed by atoms with Crippen LogP contribution in [0.3, 0.4) is 0 Å². The number of aromatic nitrogens is 2. The van der Waals surface area contributed by atoms with Crippen LogP contribution >= 0.6 is 0 Å². The first-order valence-electron chi connectivity index (χ1n) is 11.7. The number of hydrogen-bond acceptors (Lipinski definition) is 5. The van der Waals surface area contributed by atoms with Crippen molar-refractivity contribution in [3.05, 3.63) is 23.2 Å². The predicted molar refractivity (Wildman–Crippen MR) is 116 cm³/mol. The van der Waals surface area contributed by atoms with Gasteiger partial charge in [-0.2, -0.15) is 0 Å². The number of fused-ring (bicyclic) bond motifs is 2. The van der Waals surface area contributed by atoms with Crippen molar-refractivity contribution in [3.63, 3.8) is 0 Å². The van der Waals surface area contributed by atoms with Crippen LogP contribution in [0.15, 0.2) is 11.9 Å². The summed E-state index contributed by atoms with van der Waals surface area (Å²) >= 11 is 0. The first-order valence-corrected chi connectivity index (χ1v) is 11.7. The van der Waals surface area contributed by atoms with E-state index in [0.717, 1.165) is 61.1 Å². The smallest absolute Gasteiger partial charge is 0.224 e. The van der Waals surface area contributed by atoms with E-state index >= 15 is 0 Å². The topological polar surface area (TPSA) is 69.2 Å². The third kappa shape index (κ3) is 4.50. The summed E-state index contributed by atoms with van der Waals surface area (Å²) in [6, 6.07) is 0. The minimum atomic E-state index is 0.0807. The zero-order valence-electron chi connectivity index (χ0n) is 18.6. The van der Waals surface area contributed by atoms with E-state index in [1.807, 2.05) is 0 Å². The molecule has 0 saturated heterocycles. The molecular formula is C25H34N2O3. The van der Waals surface area contributed by atoms with Crippen molar-refractivity contribution in [2.45, 2.75) is 91.1 Å². The molecule has 1 aromatic heterocycles. The lowest BCUT2D eigenvalue weighted by Gasteiger charge is -2.31. The molecule has 0 spiro atoms. The lowest BCUT2D eigenvalue weighted by atomic mass is 9.80. The number of allylic oxidation sites excluding steroid dienone is 2. The average molecular weight is 411 g/mol. The van der Waals surface area contributed by atoms with Gasteiger partial charge < -0.3 is 9.53 Å². The summed E-state index contributed by atoms with van der Waals surface area (Å²) < 4.78 is 6.45. The second kappa shape index (κ2) is 8.99. The Morgan fingerprint density at radius 3 is 2.57 bits per heavy atom. The van der Waals surface area contributed by atoms with Crippen molar-refractivity contribution in [2.24, 2.45) is 17.8 Å². The average Bonchev–Trinajstić information content (AvgIpc) is 3.27. The molecule has 162 valence electrons. The normalized spacial score (nSPS) is 25.4. The minimum absolute atomic E-state index is 0.0807. The number of carbonyl (C=O) groups is 2. The van der Waals surface area contributed by atoms with Gasteiger partial charge >= 0.3 is 0 Å². The number of ketones is 2. The van der Waals surface area contributed by atoms with E-state index in [1.165, 1.54) is 24.0 Å². The van der Waals surface area contributed by atoms with Gasteiger partial charge in [0, 0.05) is 25.7 Å². The molecule has 3 aliphatic rings. The molecule has 30 heavy (non-hydrogen) atoms. The minimum Gasteiger partial charge on any atom is -0.474 e. The van der Waals surface area contributed by atoms with E-state index in [1.54, 1.807) is 13.3 Å². The van der Waals surface area contributed by atoms with Gasteiger partial charge in [-0.3, -0.25) is 4.79 Å². The molecule has 4 rings (SSSR count). The van der Waals surface area contributed by atoms with Crippen molar-refractivity contribution in [1.82, 2.24) is 9.97 Å². The van der Waals surface area contributed by atoms with E-state index in [4.69, 9.17) is 4.74 Å². The van der Waals surface area contributed by atoms with Crippen LogP contribution in [0.2, 0.25) is 0 Å². The van der Waals surface area contributed by atoms with Crippen LogP contribution in [0.5, 0.6) is 5.88 Å². The molecule has 1 fully saturated rings. The highest BCUT2D eigenvalue weighted by Crippen LogP contribution is 2.50. The van der Waals surface area contributed by atoms with Crippen molar-refractivity contribution < 1.29 is 14.3 Å². The van der Waals surface area contributed by atoms with Gasteiger partial charge in [-0.25, -0.2) is 9.97 Å². The standard InChI is InChI=1S/C25H34N2O3/c1-15(2)17-7-10-21(11-8-17)30-25-24-22(26-14-27-25)13-19-6-5-18(23(19)24)12-20(29)9-4-16(3)28/h14-15,17-18,21H,4-13H2,1-3H3/t17-,18-,21-/m1/s1. The van der Waals surface area contributed by atoms with E-state index < -0.39 is 0 Å². The number of carbonyl (C=O) groups excluding carboxylic acids is 2. The van der Waals surface area contributed by atoms with E-state index in [-0.39, 0.29) is 23.6 Å². The highest BCUT2D eigenvalue weighted by Gasteiger charge is 2.37. The Kier molecular flexibility index (Phi) is 6.35. The Labute approximate surface area is 179 Å². The molecule has 5 heteroatoms. The van der Waals surface area contributed by atoms with Crippen molar-refractivity contribution in [2.75, 3.05) is 0 Å². The first kappa shape index (κ1) is 21.2. The van der Waals surface area contributed by atoms with E-state index in [9.17, 15) is 9.59 Å². The van der Waals surface area contributed by atoms with Gasteiger partial charge in [0.05, 0.1) is 11.3 Å². The Bertz CT molecular complexity index is 850. The van der Waals surface area contributed by atoms with Crippen LogP contribution in [0.25, 0.3) is 5.57 Å². The molecule has 1 saturated carbocycles. The molecule has 1 atom stereocenters. The molecule has 3 aliphatic carbocycles. The Balaban J connectivity index is 1.47. The summed E-state index contributed by atoms with van der Waals surface area (Å²) in [6.45, 7) is 6.18. The van der Waals surface area contributed by atoms with Crippen LogP contribution < -0.4 is 4.74 Å². The molecule has 0 amide bonds. The Hall–Kier alpha value is -2.04. The fourth-order valence-corrected chi connectivity index (χ4v) is 5.51. The van der Waals surface area contributed by atoms with E-state index in [0.29, 0.717) is 19.3 Å². The van der Waals surface area contributed by atoms with Crippen LogP contribution in [0.1, 0.15) is 89.8 Å². The zero-order valence-corrected chi connectivity index (χ0v) is 18.6. The summed E-state index contributed by atoms with van der Waals surface area (Å²) in [4.78, 5) is 32.8. The number of nitrogens with zero attached hydrogens (tertiary/aromatic N) is 2. The van der Waals surface area contributed by atoms with Gasteiger partial charge in [0.2, 0.25) is 5.88 Å². The number of Topliss-reactive ketones (excluding diaryl/α,β-unsaturated/α-hetero) is 2. The maximum Gasteiger partial charge on any atom is 0.224 e. The second-order valence-corrected chi connectivity index (χ2v) is 9.77. The molecule has 0 unspecified atom stereocenters. The summed E-state index contributed by atoms with van der Waals surface area (Å²) in [6.07, 6.45) is 10.6. The number of rotatable bonds is 8. The van der Waals surface area contributed by atoms with Crippen LogP contribution in [-0.4, -0.2) is 27.6 Å². The monoisotopic (exact) mass is 410 g/mol. The summed E-state index contributed by atoms with van der Waals surface area (Å²) in [5.74, 6) is 2.74. The van der Waals surface area contributed by atoms with Crippen molar-refractivity contribution in [3.8, 4) is 5.88 Å². The van der Waals surface area contributed by atoms with Gasteiger partial charge in [-0.15, -0.1) is 0 Å². The molecule has 1 heterocycles. The van der Waals surface area contributed by atoms with Gasteiger partial charge in [0.25, 0.3) is 0 Å². The Morgan fingerprint density at radius 1 is 1.10 bits per heavy atom. The summed E-state index contributed by atoms with van der Waals surface area (Å²) in [5.41, 5.74) is 4.80.